The first-order valence-electron chi connectivity index (χ1n) is 7.08. The summed E-state index contributed by atoms with van der Waals surface area (Å²) in [6.07, 6.45) is 1.46. The van der Waals surface area contributed by atoms with Gasteiger partial charge in [-0.3, -0.25) is 9.59 Å². The van der Waals surface area contributed by atoms with Crippen molar-refractivity contribution in [1.29, 1.82) is 0 Å². The van der Waals surface area contributed by atoms with Crippen molar-refractivity contribution in [2.45, 2.75) is 40.0 Å². The lowest BCUT2D eigenvalue weighted by Crippen LogP contribution is -2.46. The second kappa shape index (κ2) is 7.07. The Bertz CT molecular complexity index is 355. The Morgan fingerprint density at radius 1 is 0.950 bits per heavy atom. The monoisotopic (exact) mass is 286 g/mol. The van der Waals surface area contributed by atoms with Crippen molar-refractivity contribution in [1.82, 2.24) is 9.80 Å². The van der Waals surface area contributed by atoms with Gasteiger partial charge in [-0.2, -0.15) is 0 Å². The van der Waals surface area contributed by atoms with Gasteiger partial charge >= 0.3 is 0 Å². The first-order valence-corrected chi connectivity index (χ1v) is 7.08. The van der Waals surface area contributed by atoms with Crippen LogP contribution in [-0.4, -0.2) is 61.5 Å². The number of carbonyl (C=O) groups excluding carboxylic acids is 2. The van der Waals surface area contributed by atoms with Crippen molar-refractivity contribution >= 4 is 11.8 Å². The van der Waals surface area contributed by atoms with Gasteiger partial charge in [0.1, 0.15) is 0 Å². The average molecular weight is 286 g/mol. The molecule has 0 aliphatic heterocycles. The molecular weight excluding hydrogens is 256 g/mol. The summed E-state index contributed by atoms with van der Waals surface area (Å²) in [6.45, 7) is 5.63. The zero-order chi connectivity index (χ0) is 16.1. The van der Waals surface area contributed by atoms with Crippen LogP contribution in [0.4, 0.5) is 0 Å². The molecule has 0 fully saturated rings. The van der Waals surface area contributed by atoms with E-state index < -0.39 is 10.8 Å². The van der Waals surface area contributed by atoms with E-state index in [0.717, 1.165) is 0 Å². The van der Waals surface area contributed by atoms with Gasteiger partial charge in [-0.05, 0) is 19.3 Å². The maximum atomic E-state index is 12.4. The summed E-state index contributed by atoms with van der Waals surface area (Å²) >= 11 is 0. The van der Waals surface area contributed by atoms with Gasteiger partial charge < -0.3 is 14.9 Å². The lowest BCUT2D eigenvalue weighted by Gasteiger charge is -2.39. The Hall–Kier alpha value is -1.10. The Balaban J connectivity index is 5.43. The summed E-state index contributed by atoms with van der Waals surface area (Å²) in [5, 5.41) is 9.28. The normalized spacial score (nSPS) is 17.0. The van der Waals surface area contributed by atoms with E-state index in [1.807, 2.05) is 20.8 Å². The first-order chi connectivity index (χ1) is 9.04. The van der Waals surface area contributed by atoms with Gasteiger partial charge in [-0.15, -0.1) is 0 Å². The standard InChI is InChI=1S/C15H30N2O3/c1-8-14(2,12(19)16(4)5)11-15(3,9-10-18)13(20)17(6)7/h18H,8-11H2,1-7H3. The molecule has 1 N–H and O–H groups in total. The fraction of sp³-hybridized carbons (Fsp3) is 0.867. The molecule has 0 bridgehead atoms. The molecule has 0 aliphatic carbocycles. The number of aliphatic hydroxyl groups excluding tert-OH is 1. The second-order valence-electron chi connectivity index (χ2n) is 6.52. The molecule has 0 aliphatic rings. The fourth-order valence-electron chi connectivity index (χ4n) is 2.81. The Morgan fingerprint density at radius 2 is 1.35 bits per heavy atom. The third-order valence-electron chi connectivity index (χ3n) is 4.07. The fourth-order valence-corrected chi connectivity index (χ4v) is 2.81. The number of amides is 2. The minimum Gasteiger partial charge on any atom is -0.396 e. The van der Waals surface area contributed by atoms with E-state index in [-0.39, 0.29) is 18.4 Å². The Morgan fingerprint density at radius 3 is 1.65 bits per heavy atom. The third-order valence-corrected chi connectivity index (χ3v) is 4.07. The van der Waals surface area contributed by atoms with Gasteiger partial charge in [0.25, 0.3) is 0 Å². The van der Waals surface area contributed by atoms with Gasteiger partial charge in [-0.1, -0.05) is 20.8 Å². The molecule has 0 rings (SSSR count). The van der Waals surface area contributed by atoms with E-state index >= 15 is 0 Å². The number of hydrogen-bond donors (Lipinski definition) is 1. The molecule has 0 saturated heterocycles. The zero-order valence-electron chi connectivity index (χ0n) is 14.0. The minimum absolute atomic E-state index is 0.0238. The highest BCUT2D eigenvalue weighted by Gasteiger charge is 2.44. The van der Waals surface area contributed by atoms with Gasteiger partial charge in [-0.25, -0.2) is 0 Å². The van der Waals surface area contributed by atoms with E-state index in [0.29, 0.717) is 19.3 Å². The maximum absolute atomic E-state index is 12.4. The van der Waals surface area contributed by atoms with E-state index in [1.54, 1.807) is 33.1 Å². The van der Waals surface area contributed by atoms with Crippen molar-refractivity contribution in [3.8, 4) is 0 Å². The van der Waals surface area contributed by atoms with Crippen molar-refractivity contribution in [2.75, 3.05) is 34.8 Å². The summed E-state index contributed by atoms with van der Waals surface area (Å²) in [7, 11) is 6.87. The van der Waals surface area contributed by atoms with Crippen LogP contribution in [0, 0.1) is 10.8 Å². The predicted molar refractivity (Wildman–Crippen MR) is 80.2 cm³/mol. The van der Waals surface area contributed by atoms with E-state index in [9.17, 15) is 14.7 Å². The summed E-state index contributed by atoms with van der Waals surface area (Å²) in [5.41, 5.74) is -1.33. The molecule has 118 valence electrons. The van der Waals surface area contributed by atoms with Crippen LogP contribution >= 0.6 is 0 Å². The molecule has 0 radical (unpaired) electrons. The number of carbonyl (C=O) groups is 2. The molecule has 0 aromatic rings. The summed E-state index contributed by atoms with van der Waals surface area (Å²) < 4.78 is 0. The number of nitrogens with zero attached hydrogens (tertiary/aromatic N) is 2. The van der Waals surface area contributed by atoms with Crippen molar-refractivity contribution in [3.05, 3.63) is 0 Å². The zero-order valence-corrected chi connectivity index (χ0v) is 14.0. The SMILES string of the molecule is CCC(C)(CC(C)(CCO)C(=O)N(C)C)C(=O)N(C)C. The molecule has 0 saturated carbocycles. The average Bonchev–Trinajstić information content (AvgIpc) is 2.36. The van der Waals surface area contributed by atoms with Crippen LogP contribution in [0.2, 0.25) is 0 Å². The molecular formula is C15H30N2O3. The van der Waals surface area contributed by atoms with Crippen LogP contribution in [0.15, 0.2) is 0 Å². The van der Waals surface area contributed by atoms with Crippen LogP contribution < -0.4 is 0 Å². The first kappa shape index (κ1) is 18.9. The van der Waals surface area contributed by atoms with Crippen LogP contribution in [0.25, 0.3) is 0 Å². The van der Waals surface area contributed by atoms with Gasteiger partial charge in [0.15, 0.2) is 0 Å². The van der Waals surface area contributed by atoms with Crippen molar-refractivity contribution in [3.63, 3.8) is 0 Å². The molecule has 2 atom stereocenters. The van der Waals surface area contributed by atoms with Gasteiger partial charge in [0.05, 0.1) is 0 Å². The molecule has 20 heavy (non-hydrogen) atoms. The largest absolute Gasteiger partial charge is 0.396 e. The molecule has 0 aromatic heterocycles. The molecule has 2 amide bonds. The minimum atomic E-state index is -0.727. The van der Waals surface area contributed by atoms with Crippen LogP contribution in [0.3, 0.4) is 0 Å². The summed E-state index contributed by atoms with van der Waals surface area (Å²) in [4.78, 5) is 27.9. The Kier molecular flexibility index (Phi) is 6.68. The molecule has 5 heteroatoms. The number of hydrogen-bond acceptors (Lipinski definition) is 3. The smallest absolute Gasteiger partial charge is 0.228 e. The van der Waals surface area contributed by atoms with E-state index in [1.165, 1.54) is 4.90 Å². The number of rotatable bonds is 7. The van der Waals surface area contributed by atoms with Gasteiger partial charge in [0, 0.05) is 45.6 Å². The highest BCUT2D eigenvalue weighted by molar-refractivity contribution is 5.85. The highest BCUT2D eigenvalue weighted by Crippen LogP contribution is 2.41. The van der Waals surface area contributed by atoms with E-state index in [2.05, 4.69) is 0 Å². The number of aliphatic hydroxyl groups is 1. The molecule has 0 spiro atoms. The highest BCUT2D eigenvalue weighted by atomic mass is 16.3. The van der Waals surface area contributed by atoms with Gasteiger partial charge in [0.2, 0.25) is 11.8 Å². The van der Waals surface area contributed by atoms with E-state index in [4.69, 9.17) is 0 Å². The van der Waals surface area contributed by atoms with Crippen LogP contribution in [0.1, 0.15) is 40.0 Å². The molecule has 0 heterocycles. The Labute approximate surface area is 122 Å². The lowest BCUT2D eigenvalue weighted by atomic mass is 9.68. The molecule has 5 nitrogen and oxygen atoms in total. The van der Waals surface area contributed by atoms with Crippen molar-refractivity contribution in [2.24, 2.45) is 10.8 Å². The summed E-state index contributed by atoms with van der Waals surface area (Å²) in [6, 6.07) is 0. The van der Waals surface area contributed by atoms with Crippen LogP contribution in [0.5, 0.6) is 0 Å². The van der Waals surface area contributed by atoms with Crippen LogP contribution in [-0.2, 0) is 9.59 Å². The molecule has 2 unspecified atom stereocenters. The topological polar surface area (TPSA) is 60.9 Å². The predicted octanol–water partition coefficient (Wildman–Crippen LogP) is 1.36. The maximum Gasteiger partial charge on any atom is 0.228 e. The lowest BCUT2D eigenvalue weighted by molar-refractivity contribution is -0.147. The van der Waals surface area contributed by atoms with Crippen molar-refractivity contribution < 1.29 is 14.7 Å². The molecule has 0 aromatic carbocycles. The summed E-state index contributed by atoms with van der Waals surface area (Å²) in [5.74, 6) is -0.0199. The quantitative estimate of drug-likeness (QED) is 0.768. The third kappa shape index (κ3) is 4.20. The second-order valence-corrected chi connectivity index (χ2v) is 6.52.